The van der Waals surface area contributed by atoms with Crippen LogP contribution in [0, 0.1) is 13.8 Å². The predicted molar refractivity (Wildman–Crippen MR) is 91.5 cm³/mol. The fourth-order valence-electron chi connectivity index (χ4n) is 2.17. The highest BCUT2D eigenvalue weighted by molar-refractivity contribution is 7.90. The van der Waals surface area contributed by atoms with Crippen molar-refractivity contribution in [2.45, 2.75) is 25.3 Å². The first-order valence-corrected chi connectivity index (χ1v) is 8.81. The minimum Gasteiger partial charge on any atom is -0.496 e. The molecule has 0 heterocycles. The van der Waals surface area contributed by atoms with Crippen LogP contribution in [0.1, 0.15) is 16.7 Å². The number of benzene rings is 2. The number of aryl methyl sites for hydroxylation is 2. The Balaban J connectivity index is 1.98. The number of hydrogen-bond donors (Lipinski definition) is 2. The summed E-state index contributed by atoms with van der Waals surface area (Å²) in [7, 11) is -2.29. The summed E-state index contributed by atoms with van der Waals surface area (Å²) in [5.74, 6) is 0.755. The second kappa shape index (κ2) is 7.35. The van der Waals surface area contributed by atoms with E-state index in [4.69, 9.17) is 4.74 Å². The van der Waals surface area contributed by atoms with Crippen LogP contribution in [-0.4, -0.2) is 21.6 Å². The molecule has 0 atom stereocenters. The molecule has 2 amide bonds. The molecule has 0 fully saturated rings. The molecule has 2 rings (SSSR count). The van der Waals surface area contributed by atoms with Crippen molar-refractivity contribution in [2.24, 2.45) is 0 Å². The van der Waals surface area contributed by atoms with Gasteiger partial charge in [-0.3, -0.25) is 0 Å². The monoisotopic (exact) mass is 348 g/mol. The lowest BCUT2D eigenvalue weighted by atomic mass is 10.1. The highest BCUT2D eigenvalue weighted by Gasteiger charge is 2.17. The SMILES string of the molecule is COc1ccc(CNC(=O)NS(=O)(=O)c2ccc(C)cc2)cc1C. The first-order chi connectivity index (χ1) is 11.3. The van der Waals surface area contributed by atoms with Crippen molar-refractivity contribution < 1.29 is 17.9 Å². The Morgan fingerprint density at radius 1 is 1.08 bits per heavy atom. The molecule has 0 saturated carbocycles. The first kappa shape index (κ1) is 17.8. The molecule has 0 aliphatic heterocycles. The number of nitrogens with one attached hydrogen (secondary N) is 2. The van der Waals surface area contributed by atoms with Gasteiger partial charge in [0.25, 0.3) is 10.0 Å². The molecule has 6 nitrogen and oxygen atoms in total. The third kappa shape index (κ3) is 4.48. The van der Waals surface area contributed by atoms with Crippen LogP contribution >= 0.6 is 0 Å². The van der Waals surface area contributed by atoms with Crippen molar-refractivity contribution in [1.82, 2.24) is 10.0 Å². The van der Waals surface area contributed by atoms with E-state index < -0.39 is 16.1 Å². The lowest BCUT2D eigenvalue weighted by Gasteiger charge is -2.10. The maximum absolute atomic E-state index is 12.1. The van der Waals surface area contributed by atoms with Crippen molar-refractivity contribution in [2.75, 3.05) is 7.11 Å². The van der Waals surface area contributed by atoms with Crippen molar-refractivity contribution in [1.29, 1.82) is 0 Å². The molecule has 2 N–H and O–H groups in total. The van der Waals surface area contributed by atoms with E-state index >= 15 is 0 Å². The standard InChI is InChI=1S/C17H20N2O4S/c1-12-4-7-15(8-5-12)24(21,22)19-17(20)18-11-14-6-9-16(23-3)13(2)10-14/h4-10H,11H2,1-3H3,(H2,18,19,20). The van der Waals surface area contributed by atoms with E-state index in [1.807, 2.05) is 24.6 Å². The van der Waals surface area contributed by atoms with E-state index in [1.165, 1.54) is 12.1 Å². The van der Waals surface area contributed by atoms with Gasteiger partial charge < -0.3 is 10.1 Å². The van der Waals surface area contributed by atoms with Gasteiger partial charge >= 0.3 is 6.03 Å². The summed E-state index contributed by atoms with van der Waals surface area (Å²) in [6, 6.07) is 11.0. The summed E-state index contributed by atoms with van der Waals surface area (Å²) in [5, 5.41) is 2.53. The fourth-order valence-corrected chi connectivity index (χ4v) is 3.10. The summed E-state index contributed by atoms with van der Waals surface area (Å²) in [6.07, 6.45) is 0. The topological polar surface area (TPSA) is 84.5 Å². The van der Waals surface area contributed by atoms with Crippen LogP contribution in [-0.2, 0) is 16.6 Å². The van der Waals surface area contributed by atoms with Gasteiger partial charge in [0.1, 0.15) is 5.75 Å². The summed E-state index contributed by atoms with van der Waals surface area (Å²) in [6.45, 7) is 3.96. The largest absolute Gasteiger partial charge is 0.496 e. The third-order valence-corrected chi connectivity index (χ3v) is 4.82. The molecule has 2 aromatic rings. The highest BCUT2D eigenvalue weighted by Crippen LogP contribution is 2.18. The molecule has 0 aliphatic rings. The zero-order valence-corrected chi connectivity index (χ0v) is 14.6. The number of carbonyl (C=O) groups is 1. The second-order valence-corrected chi connectivity index (χ2v) is 7.09. The summed E-state index contributed by atoms with van der Waals surface area (Å²) in [4.78, 5) is 11.9. The van der Waals surface area contributed by atoms with Gasteiger partial charge in [0.2, 0.25) is 0 Å². The zero-order valence-electron chi connectivity index (χ0n) is 13.8. The minimum absolute atomic E-state index is 0.0449. The third-order valence-electron chi connectivity index (χ3n) is 3.47. The van der Waals surface area contributed by atoms with Crippen LogP contribution in [0.3, 0.4) is 0 Å². The van der Waals surface area contributed by atoms with Crippen molar-refractivity contribution >= 4 is 16.1 Å². The van der Waals surface area contributed by atoms with Gasteiger partial charge in [0.15, 0.2) is 0 Å². The Morgan fingerprint density at radius 3 is 2.33 bits per heavy atom. The van der Waals surface area contributed by atoms with E-state index in [0.717, 1.165) is 22.4 Å². The normalized spacial score (nSPS) is 11.0. The van der Waals surface area contributed by atoms with Crippen LogP contribution in [0.25, 0.3) is 0 Å². The van der Waals surface area contributed by atoms with Gasteiger partial charge in [0, 0.05) is 6.54 Å². The van der Waals surface area contributed by atoms with E-state index in [0.29, 0.717) is 0 Å². The Morgan fingerprint density at radius 2 is 1.75 bits per heavy atom. The van der Waals surface area contributed by atoms with Gasteiger partial charge in [-0.2, -0.15) is 0 Å². The van der Waals surface area contributed by atoms with E-state index in [-0.39, 0.29) is 11.4 Å². The average molecular weight is 348 g/mol. The maximum Gasteiger partial charge on any atom is 0.328 e. The Kier molecular flexibility index (Phi) is 5.46. The Hall–Kier alpha value is -2.54. The van der Waals surface area contributed by atoms with E-state index in [1.54, 1.807) is 31.4 Å². The van der Waals surface area contributed by atoms with E-state index in [2.05, 4.69) is 5.32 Å². The molecule has 7 heteroatoms. The molecule has 2 aromatic carbocycles. The molecule has 24 heavy (non-hydrogen) atoms. The van der Waals surface area contributed by atoms with Crippen LogP contribution in [0.15, 0.2) is 47.4 Å². The quantitative estimate of drug-likeness (QED) is 0.869. The number of hydrogen-bond acceptors (Lipinski definition) is 4. The molecule has 0 radical (unpaired) electrons. The molecular weight excluding hydrogens is 328 g/mol. The number of amides is 2. The number of carbonyl (C=O) groups excluding carboxylic acids is 1. The van der Waals surface area contributed by atoms with Crippen LogP contribution in [0.2, 0.25) is 0 Å². The molecule has 0 aromatic heterocycles. The maximum atomic E-state index is 12.1. The number of methoxy groups -OCH3 is 1. The van der Waals surface area contributed by atoms with Crippen molar-refractivity contribution in [3.05, 3.63) is 59.2 Å². The highest BCUT2D eigenvalue weighted by atomic mass is 32.2. The first-order valence-electron chi connectivity index (χ1n) is 7.32. The molecular formula is C17H20N2O4S. The Labute approximate surface area is 141 Å². The number of urea groups is 1. The van der Waals surface area contributed by atoms with Gasteiger partial charge in [-0.05, 0) is 43.2 Å². The van der Waals surface area contributed by atoms with Gasteiger partial charge in [-0.15, -0.1) is 0 Å². The van der Waals surface area contributed by atoms with Crippen LogP contribution in [0.4, 0.5) is 4.79 Å². The lowest BCUT2D eigenvalue weighted by molar-refractivity contribution is 0.245. The molecule has 0 aliphatic carbocycles. The van der Waals surface area contributed by atoms with Gasteiger partial charge in [-0.1, -0.05) is 29.8 Å². The lowest BCUT2D eigenvalue weighted by Crippen LogP contribution is -2.39. The zero-order chi connectivity index (χ0) is 17.7. The van der Waals surface area contributed by atoms with Crippen LogP contribution < -0.4 is 14.8 Å². The van der Waals surface area contributed by atoms with Crippen molar-refractivity contribution in [3.63, 3.8) is 0 Å². The molecule has 0 spiro atoms. The molecule has 128 valence electrons. The summed E-state index contributed by atoms with van der Waals surface area (Å²) < 4.78 is 31.4. The van der Waals surface area contributed by atoms with Gasteiger partial charge in [-0.25, -0.2) is 17.9 Å². The van der Waals surface area contributed by atoms with Crippen LogP contribution in [0.5, 0.6) is 5.75 Å². The smallest absolute Gasteiger partial charge is 0.328 e. The average Bonchev–Trinajstić information content (AvgIpc) is 2.53. The fraction of sp³-hybridized carbons (Fsp3) is 0.235. The summed E-state index contributed by atoms with van der Waals surface area (Å²) >= 11 is 0. The number of sulfonamides is 1. The number of ether oxygens (including phenoxy) is 1. The number of rotatable bonds is 5. The molecule has 0 saturated heterocycles. The molecule has 0 unspecified atom stereocenters. The van der Waals surface area contributed by atoms with Gasteiger partial charge in [0.05, 0.1) is 12.0 Å². The van der Waals surface area contributed by atoms with E-state index in [9.17, 15) is 13.2 Å². The summed E-state index contributed by atoms with van der Waals surface area (Å²) in [5.41, 5.74) is 2.72. The predicted octanol–water partition coefficient (Wildman–Crippen LogP) is 2.50. The molecule has 0 bridgehead atoms. The second-order valence-electron chi connectivity index (χ2n) is 5.41. The van der Waals surface area contributed by atoms with Crippen molar-refractivity contribution in [3.8, 4) is 5.75 Å². The Bertz CT molecular complexity index is 830. The minimum atomic E-state index is -3.88.